The molecular weight excluding hydrogens is 304 g/mol. The second kappa shape index (κ2) is 19.1. The second-order valence-corrected chi connectivity index (χ2v) is 4.75. The molecule has 0 radical (unpaired) electrons. The van der Waals surface area contributed by atoms with Gasteiger partial charge in [-0.05, 0) is 0 Å². The molecule has 0 bridgehead atoms. The highest BCUT2D eigenvalue weighted by molar-refractivity contribution is 5.78. The molecule has 1 heteroatoms. The molecular formula is C24H24O. The third-order valence-corrected chi connectivity index (χ3v) is 2.73. The lowest BCUT2D eigenvalue weighted by atomic mass is 10.2. The first-order valence-electron chi connectivity index (χ1n) is 8.57. The summed E-state index contributed by atoms with van der Waals surface area (Å²) in [6, 6.07) is 0. The fourth-order valence-electron chi connectivity index (χ4n) is 1.44. The van der Waals surface area contributed by atoms with E-state index in [2.05, 4.69) is 71.0 Å². The van der Waals surface area contributed by atoms with Gasteiger partial charge in [0.15, 0.2) is 0 Å². The Bertz CT molecular complexity index is 759. The third-order valence-electron chi connectivity index (χ3n) is 2.73. The van der Waals surface area contributed by atoms with Gasteiger partial charge in [-0.3, -0.25) is 4.79 Å². The number of hydrogen-bond donors (Lipinski definition) is 0. The molecule has 0 heterocycles. The van der Waals surface area contributed by atoms with E-state index in [-0.39, 0.29) is 5.78 Å². The molecule has 0 rings (SSSR count). The van der Waals surface area contributed by atoms with Gasteiger partial charge in [0.05, 0.1) is 32.1 Å². The number of ketones is 1. The summed E-state index contributed by atoms with van der Waals surface area (Å²) in [4.78, 5) is 11.1. The zero-order chi connectivity index (χ0) is 18.4. The van der Waals surface area contributed by atoms with Crippen molar-refractivity contribution in [1.82, 2.24) is 0 Å². The Kier molecular flexibility index (Phi) is 16.8. The molecule has 25 heavy (non-hydrogen) atoms. The molecule has 0 unspecified atom stereocenters. The first-order chi connectivity index (χ1) is 12.3. The molecule has 1 nitrogen and oxygen atoms in total. The molecule has 126 valence electrons. The molecule has 0 saturated carbocycles. The molecule has 0 N–H and O–H groups in total. The Labute approximate surface area is 153 Å². The van der Waals surface area contributed by atoms with Crippen molar-refractivity contribution in [3.05, 3.63) is 0 Å². The average Bonchev–Trinajstić information content (AvgIpc) is 2.63. The van der Waals surface area contributed by atoms with Gasteiger partial charge in [-0.25, -0.2) is 0 Å². The highest BCUT2D eigenvalue weighted by atomic mass is 16.1. The Morgan fingerprint density at radius 3 is 1.28 bits per heavy atom. The van der Waals surface area contributed by atoms with Gasteiger partial charge >= 0.3 is 0 Å². The van der Waals surface area contributed by atoms with Crippen LogP contribution in [-0.4, -0.2) is 5.78 Å². The molecule has 0 atom stereocenters. The number of carbonyl (C=O) groups excluding carboxylic acids is 1. The van der Waals surface area contributed by atoms with Crippen molar-refractivity contribution in [2.75, 3.05) is 0 Å². The van der Waals surface area contributed by atoms with Gasteiger partial charge in [0.2, 0.25) is 0 Å². The molecule has 0 aromatic carbocycles. The van der Waals surface area contributed by atoms with Gasteiger partial charge in [0.25, 0.3) is 0 Å². The van der Waals surface area contributed by atoms with E-state index in [1.807, 2.05) is 13.8 Å². The lowest BCUT2D eigenvalue weighted by molar-refractivity contribution is -0.118. The summed E-state index contributed by atoms with van der Waals surface area (Å²) in [7, 11) is 0. The van der Waals surface area contributed by atoms with Crippen LogP contribution in [0.4, 0.5) is 0 Å². The lowest BCUT2D eigenvalue weighted by Crippen LogP contribution is -1.92. The topological polar surface area (TPSA) is 17.1 Å². The van der Waals surface area contributed by atoms with Crippen LogP contribution in [0.2, 0.25) is 0 Å². The van der Waals surface area contributed by atoms with Crippen LogP contribution in [0.3, 0.4) is 0 Å². The van der Waals surface area contributed by atoms with Gasteiger partial charge in [-0.1, -0.05) is 73.1 Å². The Morgan fingerprint density at radius 1 is 0.560 bits per heavy atom. The monoisotopic (exact) mass is 328 g/mol. The molecule has 0 aromatic rings. The van der Waals surface area contributed by atoms with Gasteiger partial charge in [0.1, 0.15) is 5.78 Å². The van der Waals surface area contributed by atoms with Gasteiger partial charge in [-0.15, -0.1) is 11.8 Å². The van der Waals surface area contributed by atoms with Crippen molar-refractivity contribution >= 4 is 5.78 Å². The smallest absolute Gasteiger partial charge is 0.133 e. The SMILES string of the molecule is CCC#CCC#CCC#CCC#CCC#CCC#CCCC(=O)CC. The van der Waals surface area contributed by atoms with Gasteiger partial charge in [0, 0.05) is 25.7 Å². The molecule has 0 spiro atoms. The molecule has 0 fully saturated rings. The maximum Gasteiger partial charge on any atom is 0.133 e. The van der Waals surface area contributed by atoms with E-state index in [0.29, 0.717) is 51.4 Å². The van der Waals surface area contributed by atoms with Crippen LogP contribution in [0.15, 0.2) is 0 Å². The lowest BCUT2D eigenvalue weighted by Gasteiger charge is -1.88. The zero-order valence-corrected chi connectivity index (χ0v) is 15.3. The van der Waals surface area contributed by atoms with Gasteiger partial charge in [-0.2, -0.15) is 0 Å². The summed E-state index contributed by atoms with van der Waals surface area (Å²) < 4.78 is 0. The van der Waals surface area contributed by atoms with E-state index >= 15 is 0 Å². The van der Waals surface area contributed by atoms with Crippen LogP contribution in [0.25, 0.3) is 0 Å². The maximum atomic E-state index is 11.1. The standard InChI is InChI=1S/C24H24O/c1-3-5-6-7-8-9-10-11-12-13-14-15-16-17-18-19-20-21-22-23-24(25)4-2/h3-4,7,10,13,16,19,22-23H2,1-2H3. The third kappa shape index (κ3) is 19.0. The highest BCUT2D eigenvalue weighted by Crippen LogP contribution is 1.92. The minimum atomic E-state index is 0.257. The summed E-state index contributed by atoms with van der Waals surface area (Å²) in [5.41, 5.74) is 0. The predicted octanol–water partition coefficient (Wildman–Crippen LogP) is 4.13. The Hall–Kier alpha value is -2.97. The van der Waals surface area contributed by atoms with Gasteiger partial charge < -0.3 is 0 Å². The van der Waals surface area contributed by atoms with E-state index in [9.17, 15) is 4.79 Å². The van der Waals surface area contributed by atoms with E-state index in [1.54, 1.807) is 0 Å². The largest absolute Gasteiger partial charge is 0.300 e. The summed E-state index contributed by atoms with van der Waals surface area (Å²) >= 11 is 0. The van der Waals surface area contributed by atoms with E-state index in [1.165, 1.54) is 0 Å². The van der Waals surface area contributed by atoms with Crippen LogP contribution in [0.1, 0.15) is 71.6 Å². The second-order valence-electron chi connectivity index (χ2n) is 4.75. The molecule has 0 aromatic heterocycles. The van der Waals surface area contributed by atoms with Crippen molar-refractivity contribution in [2.24, 2.45) is 0 Å². The van der Waals surface area contributed by atoms with Crippen LogP contribution in [0, 0.1) is 71.0 Å². The van der Waals surface area contributed by atoms with Crippen molar-refractivity contribution in [3.63, 3.8) is 0 Å². The summed E-state index contributed by atoms with van der Waals surface area (Å²) in [5.74, 6) is 35.8. The molecule has 0 saturated heterocycles. The summed E-state index contributed by atoms with van der Waals surface area (Å²) in [6.07, 6.45) is 5.44. The normalized spacial score (nSPS) is 7.28. The Morgan fingerprint density at radius 2 is 0.920 bits per heavy atom. The van der Waals surface area contributed by atoms with Crippen molar-refractivity contribution < 1.29 is 4.79 Å². The van der Waals surface area contributed by atoms with Crippen molar-refractivity contribution in [2.45, 2.75) is 71.6 Å². The van der Waals surface area contributed by atoms with Crippen LogP contribution < -0.4 is 0 Å². The first-order valence-corrected chi connectivity index (χ1v) is 8.57. The minimum Gasteiger partial charge on any atom is -0.300 e. The van der Waals surface area contributed by atoms with Crippen molar-refractivity contribution in [3.8, 4) is 71.0 Å². The number of Topliss-reactive ketones (excluding diaryl/α,β-unsaturated/α-hetero) is 1. The summed E-state index contributed by atoms with van der Waals surface area (Å²) in [5, 5.41) is 0. The van der Waals surface area contributed by atoms with Crippen molar-refractivity contribution in [1.29, 1.82) is 0 Å². The number of hydrogen-bond acceptors (Lipinski definition) is 1. The van der Waals surface area contributed by atoms with Crippen LogP contribution in [-0.2, 0) is 4.79 Å². The van der Waals surface area contributed by atoms with Crippen LogP contribution in [0.5, 0.6) is 0 Å². The minimum absolute atomic E-state index is 0.257. The fraction of sp³-hybridized carbons (Fsp3) is 0.458. The molecule has 0 aliphatic heterocycles. The molecule has 0 amide bonds. The summed E-state index contributed by atoms with van der Waals surface area (Å²) in [6.45, 7) is 3.89. The number of rotatable bonds is 3. The highest BCUT2D eigenvalue weighted by Gasteiger charge is 1.93. The van der Waals surface area contributed by atoms with E-state index in [0.717, 1.165) is 6.42 Å². The van der Waals surface area contributed by atoms with Crippen LogP contribution >= 0.6 is 0 Å². The molecule has 0 aliphatic rings. The quantitative estimate of drug-likeness (QED) is 0.712. The first kappa shape index (κ1) is 22.0. The zero-order valence-electron chi connectivity index (χ0n) is 15.3. The van der Waals surface area contributed by atoms with E-state index < -0.39 is 0 Å². The maximum absolute atomic E-state index is 11.1. The predicted molar refractivity (Wildman–Crippen MR) is 105 cm³/mol. The number of carbonyl (C=O) groups is 1. The molecule has 0 aliphatic carbocycles. The van der Waals surface area contributed by atoms with E-state index in [4.69, 9.17) is 0 Å². The Balaban J connectivity index is 3.75. The average molecular weight is 328 g/mol. The fourth-order valence-corrected chi connectivity index (χ4v) is 1.44.